The average molecular weight is 146 g/mol. The molecule has 0 aliphatic carbocycles. The first-order valence-electron chi connectivity index (χ1n) is 3.75. The molecule has 0 bridgehead atoms. The van der Waals surface area contributed by atoms with E-state index >= 15 is 0 Å². The third kappa shape index (κ3) is 1.94. The van der Waals surface area contributed by atoms with Crippen LogP contribution in [0.4, 0.5) is 0 Å². The maximum absolute atomic E-state index is 9.11. The largest absolute Gasteiger partial charge is 0.394 e. The third-order valence-electron chi connectivity index (χ3n) is 1.83. The van der Waals surface area contributed by atoms with Gasteiger partial charge in [0.25, 0.3) is 0 Å². The Hall–Kier alpha value is -0.120. The molecule has 0 amide bonds. The summed E-state index contributed by atoms with van der Waals surface area (Å²) in [5.74, 6) is 0. The number of aliphatic hydroxyl groups excluding tert-OH is 2. The van der Waals surface area contributed by atoms with Gasteiger partial charge in [0.2, 0.25) is 0 Å². The Kier molecular flexibility index (Phi) is 3.12. The van der Waals surface area contributed by atoms with Crippen molar-refractivity contribution >= 4 is 0 Å². The minimum atomic E-state index is -0.680. The zero-order valence-corrected chi connectivity index (χ0v) is 5.99. The predicted octanol–water partition coefficient (Wildman–Crippen LogP) is -0.0913. The molecule has 1 heterocycles. The Morgan fingerprint density at radius 1 is 1.50 bits per heavy atom. The van der Waals surface area contributed by atoms with Gasteiger partial charge in [-0.2, -0.15) is 0 Å². The molecule has 2 N–H and O–H groups in total. The van der Waals surface area contributed by atoms with Crippen molar-refractivity contribution in [2.24, 2.45) is 0 Å². The minimum absolute atomic E-state index is 0.126. The Morgan fingerprint density at radius 2 is 2.30 bits per heavy atom. The molecule has 1 saturated heterocycles. The summed E-state index contributed by atoms with van der Waals surface area (Å²) in [7, 11) is 0. The van der Waals surface area contributed by atoms with Crippen LogP contribution in [-0.4, -0.2) is 35.6 Å². The lowest BCUT2D eigenvalue weighted by Gasteiger charge is -2.25. The highest BCUT2D eigenvalue weighted by atomic mass is 16.5. The molecule has 0 saturated carbocycles. The van der Waals surface area contributed by atoms with Crippen LogP contribution < -0.4 is 0 Å². The van der Waals surface area contributed by atoms with Gasteiger partial charge in [-0.15, -0.1) is 0 Å². The number of hydrogen-bond donors (Lipinski definition) is 2. The molecule has 3 heteroatoms. The van der Waals surface area contributed by atoms with E-state index in [9.17, 15) is 0 Å². The van der Waals surface area contributed by atoms with Gasteiger partial charge in [-0.05, 0) is 19.3 Å². The Labute approximate surface area is 60.6 Å². The van der Waals surface area contributed by atoms with Crippen molar-refractivity contribution in [3.8, 4) is 0 Å². The quantitative estimate of drug-likeness (QED) is 0.572. The molecule has 10 heavy (non-hydrogen) atoms. The molecule has 0 aromatic rings. The van der Waals surface area contributed by atoms with Gasteiger partial charge < -0.3 is 14.9 Å². The predicted molar refractivity (Wildman–Crippen MR) is 36.7 cm³/mol. The molecule has 1 aliphatic heterocycles. The van der Waals surface area contributed by atoms with E-state index in [-0.39, 0.29) is 12.7 Å². The van der Waals surface area contributed by atoms with Gasteiger partial charge in [0.15, 0.2) is 0 Å². The van der Waals surface area contributed by atoms with Gasteiger partial charge in [0, 0.05) is 6.61 Å². The minimum Gasteiger partial charge on any atom is -0.394 e. The topological polar surface area (TPSA) is 49.7 Å². The van der Waals surface area contributed by atoms with Crippen LogP contribution in [-0.2, 0) is 4.74 Å². The second-order valence-electron chi connectivity index (χ2n) is 2.65. The van der Waals surface area contributed by atoms with E-state index in [1.54, 1.807) is 0 Å². The summed E-state index contributed by atoms with van der Waals surface area (Å²) in [4.78, 5) is 0. The molecule has 60 valence electrons. The zero-order valence-electron chi connectivity index (χ0n) is 5.99. The second kappa shape index (κ2) is 3.91. The van der Waals surface area contributed by atoms with Crippen LogP contribution in [0.25, 0.3) is 0 Å². The second-order valence-corrected chi connectivity index (χ2v) is 2.65. The molecule has 0 aromatic heterocycles. The lowest BCUT2D eigenvalue weighted by molar-refractivity contribution is -0.0783. The molecule has 0 unspecified atom stereocenters. The SMILES string of the molecule is OC[C@@H](O)[C@H]1CCCCO1. The monoisotopic (exact) mass is 146 g/mol. The van der Waals surface area contributed by atoms with E-state index in [0.717, 1.165) is 25.9 Å². The third-order valence-corrected chi connectivity index (χ3v) is 1.83. The summed E-state index contributed by atoms with van der Waals surface area (Å²) < 4.78 is 5.22. The maximum Gasteiger partial charge on any atom is 0.103 e. The van der Waals surface area contributed by atoms with Crippen LogP contribution in [0.1, 0.15) is 19.3 Å². The fourth-order valence-electron chi connectivity index (χ4n) is 1.19. The van der Waals surface area contributed by atoms with Gasteiger partial charge in [-0.3, -0.25) is 0 Å². The molecule has 2 atom stereocenters. The van der Waals surface area contributed by atoms with Crippen LogP contribution in [0.5, 0.6) is 0 Å². The van der Waals surface area contributed by atoms with Crippen LogP contribution in [0.15, 0.2) is 0 Å². The van der Waals surface area contributed by atoms with Gasteiger partial charge >= 0.3 is 0 Å². The summed E-state index contributed by atoms with van der Waals surface area (Å²) in [5, 5.41) is 17.7. The molecule has 3 nitrogen and oxygen atoms in total. The van der Waals surface area contributed by atoms with Crippen molar-refractivity contribution in [3.05, 3.63) is 0 Å². The number of ether oxygens (including phenoxy) is 1. The molecular formula is C7H14O3. The summed E-state index contributed by atoms with van der Waals surface area (Å²) in [6, 6.07) is 0. The van der Waals surface area contributed by atoms with E-state index in [1.807, 2.05) is 0 Å². The number of aliphatic hydroxyl groups is 2. The van der Waals surface area contributed by atoms with Crippen molar-refractivity contribution < 1.29 is 14.9 Å². The van der Waals surface area contributed by atoms with Crippen molar-refractivity contribution in [1.29, 1.82) is 0 Å². The lowest BCUT2D eigenvalue weighted by Crippen LogP contribution is -2.34. The fourth-order valence-corrected chi connectivity index (χ4v) is 1.19. The molecule has 1 rings (SSSR count). The van der Waals surface area contributed by atoms with Crippen LogP contribution >= 0.6 is 0 Å². The summed E-state index contributed by atoms with van der Waals surface area (Å²) in [6.07, 6.45) is 2.25. The van der Waals surface area contributed by atoms with E-state index in [2.05, 4.69) is 0 Å². The van der Waals surface area contributed by atoms with Crippen LogP contribution in [0.3, 0.4) is 0 Å². The molecule has 0 aromatic carbocycles. The summed E-state index contributed by atoms with van der Waals surface area (Å²) in [6.45, 7) is 0.534. The van der Waals surface area contributed by atoms with E-state index in [4.69, 9.17) is 14.9 Å². The van der Waals surface area contributed by atoms with Crippen molar-refractivity contribution in [2.45, 2.75) is 31.5 Å². The van der Waals surface area contributed by atoms with Gasteiger partial charge in [0.05, 0.1) is 12.7 Å². The number of hydrogen-bond acceptors (Lipinski definition) is 3. The van der Waals surface area contributed by atoms with Gasteiger partial charge in [-0.25, -0.2) is 0 Å². The summed E-state index contributed by atoms with van der Waals surface area (Å²) >= 11 is 0. The highest BCUT2D eigenvalue weighted by molar-refractivity contribution is 4.70. The molecule has 0 spiro atoms. The van der Waals surface area contributed by atoms with E-state index in [0.29, 0.717) is 0 Å². The molecule has 0 radical (unpaired) electrons. The normalized spacial score (nSPS) is 30.0. The van der Waals surface area contributed by atoms with Gasteiger partial charge in [-0.1, -0.05) is 0 Å². The maximum atomic E-state index is 9.11. The highest BCUT2D eigenvalue weighted by Gasteiger charge is 2.21. The Balaban J connectivity index is 2.24. The molecule has 1 fully saturated rings. The first-order valence-corrected chi connectivity index (χ1v) is 3.75. The Bertz CT molecular complexity index is 88.9. The standard InChI is InChI=1S/C7H14O3/c8-5-6(9)7-3-1-2-4-10-7/h6-9H,1-5H2/t6-,7-/m1/s1. The fraction of sp³-hybridized carbons (Fsp3) is 1.00. The van der Waals surface area contributed by atoms with Crippen molar-refractivity contribution in [3.63, 3.8) is 0 Å². The lowest BCUT2D eigenvalue weighted by atomic mass is 10.1. The smallest absolute Gasteiger partial charge is 0.103 e. The van der Waals surface area contributed by atoms with Crippen LogP contribution in [0, 0.1) is 0 Å². The van der Waals surface area contributed by atoms with E-state index < -0.39 is 6.10 Å². The van der Waals surface area contributed by atoms with Crippen LogP contribution in [0.2, 0.25) is 0 Å². The Morgan fingerprint density at radius 3 is 2.80 bits per heavy atom. The molecular weight excluding hydrogens is 132 g/mol. The highest BCUT2D eigenvalue weighted by Crippen LogP contribution is 2.15. The molecule has 1 aliphatic rings. The number of rotatable bonds is 2. The summed E-state index contributed by atoms with van der Waals surface area (Å²) in [5.41, 5.74) is 0. The van der Waals surface area contributed by atoms with Crippen molar-refractivity contribution in [1.82, 2.24) is 0 Å². The first-order chi connectivity index (χ1) is 4.84. The zero-order chi connectivity index (χ0) is 7.40. The van der Waals surface area contributed by atoms with Gasteiger partial charge in [0.1, 0.15) is 6.10 Å². The average Bonchev–Trinajstić information content (AvgIpc) is 2.05. The van der Waals surface area contributed by atoms with E-state index in [1.165, 1.54) is 0 Å². The van der Waals surface area contributed by atoms with Crippen molar-refractivity contribution in [2.75, 3.05) is 13.2 Å². The first kappa shape index (κ1) is 7.98.